The van der Waals surface area contributed by atoms with E-state index in [0.29, 0.717) is 0 Å². The van der Waals surface area contributed by atoms with Crippen LogP contribution in [0.4, 0.5) is 0 Å². The third kappa shape index (κ3) is 2.85. The third-order valence-corrected chi connectivity index (χ3v) is 3.60. The maximum atomic E-state index is 11.9. The van der Waals surface area contributed by atoms with E-state index in [2.05, 4.69) is 4.98 Å². The predicted molar refractivity (Wildman–Crippen MR) is 64.6 cm³/mol. The van der Waals surface area contributed by atoms with Gasteiger partial charge in [-0.2, -0.15) is 0 Å². The van der Waals surface area contributed by atoms with E-state index < -0.39 is 5.97 Å². The van der Waals surface area contributed by atoms with Crippen molar-refractivity contribution in [3.63, 3.8) is 0 Å². The number of thiazole rings is 1. The molecule has 0 saturated carbocycles. The SMILES string of the molecule is CN(CC(=O)O)C(=O)c1csc(C2CCCO2)n1. The first-order valence-electron chi connectivity index (χ1n) is 5.62. The van der Waals surface area contributed by atoms with Gasteiger partial charge in [0, 0.05) is 19.0 Å². The molecule has 6 nitrogen and oxygen atoms in total. The first kappa shape index (κ1) is 13.0. The zero-order valence-electron chi connectivity index (χ0n) is 9.96. The molecule has 2 heterocycles. The van der Waals surface area contributed by atoms with E-state index in [0.717, 1.165) is 29.4 Å². The Morgan fingerprint density at radius 2 is 2.44 bits per heavy atom. The van der Waals surface area contributed by atoms with Crippen molar-refractivity contribution in [2.45, 2.75) is 18.9 Å². The van der Waals surface area contributed by atoms with Crippen LogP contribution in [0.1, 0.15) is 34.4 Å². The fraction of sp³-hybridized carbons (Fsp3) is 0.545. The van der Waals surface area contributed by atoms with Gasteiger partial charge in [0.1, 0.15) is 23.4 Å². The summed E-state index contributed by atoms with van der Waals surface area (Å²) < 4.78 is 5.49. The molecule has 0 spiro atoms. The normalized spacial score (nSPS) is 18.8. The smallest absolute Gasteiger partial charge is 0.323 e. The Morgan fingerprint density at radius 1 is 1.67 bits per heavy atom. The molecule has 18 heavy (non-hydrogen) atoms. The van der Waals surface area contributed by atoms with Gasteiger partial charge in [-0.05, 0) is 12.8 Å². The number of carboxylic acid groups (broad SMARTS) is 1. The fourth-order valence-electron chi connectivity index (χ4n) is 1.78. The lowest BCUT2D eigenvalue weighted by Crippen LogP contribution is -2.32. The van der Waals surface area contributed by atoms with E-state index in [1.54, 1.807) is 5.38 Å². The number of ether oxygens (including phenoxy) is 1. The van der Waals surface area contributed by atoms with Crippen LogP contribution in [0.2, 0.25) is 0 Å². The molecule has 1 amide bonds. The van der Waals surface area contributed by atoms with Crippen molar-refractivity contribution in [2.24, 2.45) is 0 Å². The maximum absolute atomic E-state index is 11.9. The molecule has 1 saturated heterocycles. The Labute approximate surface area is 108 Å². The highest BCUT2D eigenvalue weighted by molar-refractivity contribution is 7.09. The van der Waals surface area contributed by atoms with Crippen molar-refractivity contribution in [1.29, 1.82) is 0 Å². The van der Waals surface area contributed by atoms with Crippen LogP contribution in [-0.2, 0) is 9.53 Å². The lowest BCUT2D eigenvalue weighted by Gasteiger charge is -2.12. The maximum Gasteiger partial charge on any atom is 0.323 e. The van der Waals surface area contributed by atoms with Crippen molar-refractivity contribution in [3.05, 3.63) is 16.1 Å². The molecule has 1 aromatic rings. The number of hydrogen-bond acceptors (Lipinski definition) is 5. The van der Waals surface area contributed by atoms with Crippen LogP contribution in [0.3, 0.4) is 0 Å². The van der Waals surface area contributed by atoms with Crippen LogP contribution in [0.15, 0.2) is 5.38 Å². The van der Waals surface area contributed by atoms with Crippen LogP contribution in [0, 0.1) is 0 Å². The molecule has 1 fully saturated rings. The lowest BCUT2D eigenvalue weighted by molar-refractivity contribution is -0.137. The molecule has 1 atom stereocenters. The summed E-state index contributed by atoms with van der Waals surface area (Å²) in [5.74, 6) is -1.42. The van der Waals surface area contributed by atoms with Gasteiger partial charge in [-0.25, -0.2) is 4.98 Å². The number of nitrogens with zero attached hydrogens (tertiary/aromatic N) is 2. The highest BCUT2D eigenvalue weighted by Gasteiger charge is 2.23. The van der Waals surface area contributed by atoms with Crippen molar-refractivity contribution in [1.82, 2.24) is 9.88 Å². The van der Waals surface area contributed by atoms with Crippen LogP contribution in [0.5, 0.6) is 0 Å². The van der Waals surface area contributed by atoms with Crippen molar-refractivity contribution >= 4 is 23.2 Å². The summed E-state index contributed by atoms with van der Waals surface area (Å²) in [7, 11) is 1.45. The van der Waals surface area contributed by atoms with Gasteiger partial charge in [0.25, 0.3) is 5.91 Å². The number of likely N-dealkylation sites (N-methyl/N-ethyl adjacent to an activating group) is 1. The molecule has 1 unspecified atom stereocenters. The largest absolute Gasteiger partial charge is 0.480 e. The van der Waals surface area contributed by atoms with Gasteiger partial charge in [0.15, 0.2) is 0 Å². The quantitative estimate of drug-likeness (QED) is 0.887. The van der Waals surface area contributed by atoms with E-state index in [4.69, 9.17) is 9.84 Å². The van der Waals surface area contributed by atoms with Gasteiger partial charge in [-0.3, -0.25) is 9.59 Å². The predicted octanol–water partition coefficient (Wildman–Crippen LogP) is 1.15. The third-order valence-electron chi connectivity index (χ3n) is 2.67. The molecule has 1 aliphatic heterocycles. The van der Waals surface area contributed by atoms with Gasteiger partial charge in [0.2, 0.25) is 0 Å². The summed E-state index contributed by atoms with van der Waals surface area (Å²) >= 11 is 1.38. The summed E-state index contributed by atoms with van der Waals surface area (Å²) in [6, 6.07) is 0. The van der Waals surface area contributed by atoms with E-state index >= 15 is 0 Å². The molecule has 1 N–H and O–H groups in total. The number of amides is 1. The second-order valence-electron chi connectivity index (χ2n) is 4.13. The van der Waals surface area contributed by atoms with Gasteiger partial charge in [-0.1, -0.05) is 0 Å². The summed E-state index contributed by atoms with van der Waals surface area (Å²) in [5.41, 5.74) is 0.286. The molecule has 0 radical (unpaired) electrons. The summed E-state index contributed by atoms with van der Waals surface area (Å²) in [5, 5.41) is 11.1. The number of aliphatic carboxylic acids is 1. The first-order valence-corrected chi connectivity index (χ1v) is 6.50. The highest BCUT2D eigenvalue weighted by atomic mass is 32.1. The average Bonchev–Trinajstić information content (AvgIpc) is 2.97. The second-order valence-corrected chi connectivity index (χ2v) is 5.02. The monoisotopic (exact) mass is 270 g/mol. The molecule has 98 valence electrons. The molecule has 1 aliphatic rings. The van der Waals surface area contributed by atoms with Crippen molar-refractivity contribution in [2.75, 3.05) is 20.2 Å². The number of carbonyl (C=O) groups excluding carboxylic acids is 1. The molecule has 7 heteroatoms. The Morgan fingerprint density at radius 3 is 3.06 bits per heavy atom. The number of aromatic nitrogens is 1. The summed E-state index contributed by atoms with van der Waals surface area (Å²) in [6.45, 7) is 0.401. The lowest BCUT2D eigenvalue weighted by atomic mass is 10.2. The Hall–Kier alpha value is -1.47. The molecule has 2 rings (SSSR count). The molecular formula is C11H14N2O4S. The molecule has 0 aliphatic carbocycles. The van der Waals surface area contributed by atoms with Gasteiger partial charge in [0.05, 0.1) is 0 Å². The standard InChI is InChI=1S/C11H14N2O4S/c1-13(5-9(14)15)11(16)7-6-18-10(12-7)8-3-2-4-17-8/h6,8H,2-5H2,1H3,(H,14,15). The zero-order chi connectivity index (χ0) is 13.1. The molecule has 0 bridgehead atoms. The highest BCUT2D eigenvalue weighted by Crippen LogP contribution is 2.30. The average molecular weight is 270 g/mol. The van der Waals surface area contributed by atoms with Crippen LogP contribution in [-0.4, -0.2) is 47.1 Å². The van der Waals surface area contributed by atoms with E-state index in [1.807, 2.05) is 0 Å². The van der Waals surface area contributed by atoms with Crippen LogP contribution < -0.4 is 0 Å². The topological polar surface area (TPSA) is 79.7 Å². The zero-order valence-corrected chi connectivity index (χ0v) is 10.8. The Bertz CT molecular complexity index is 454. The van der Waals surface area contributed by atoms with Crippen LogP contribution in [0.25, 0.3) is 0 Å². The second kappa shape index (κ2) is 5.45. The van der Waals surface area contributed by atoms with Gasteiger partial charge in [-0.15, -0.1) is 11.3 Å². The minimum atomic E-state index is -1.04. The Balaban J connectivity index is 2.04. The number of hydrogen-bond donors (Lipinski definition) is 1. The molecule has 0 aromatic carbocycles. The van der Waals surface area contributed by atoms with E-state index in [1.165, 1.54) is 18.4 Å². The first-order chi connectivity index (χ1) is 8.58. The van der Waals surface area contributed by atoms with Crippen molar-refractivity contribution < 1.29 is 19.4 Å². The Kier molecular flexibility index (Phi) is 3.93. The minimum Gasteiger partial charge on any atom is -0.480 e. The van der Waals surface area contributed by atoms with Crippen LogP contribution >= 0.6 is 11.3 Å². The number of carbonyl (C=O) groups is 2. The molecule has 1 aromatic heterocycles. The minimum absolute atomic E-state index is 0.0127. The fourth-order valence-corrected chi connectivity index (χ4v) is 2.65. The summed E-state index contributed by atoms with van der Waals surface area (Å²) in [4.78, 5) is 27.8. The molecular weight excluding hydrogens is 256 g/mol. The van der Waals surface area contributed by atoms with E-state index in [-0.39, 0.29) is 24.2 Å². The van der Waals surface area contributed by atoms with Crippen molar-refractivity contribution in [3.8, 4) is 0 Å². The van der Waals surface area contributed by atoms with E-state index in [9.17, 15) is 9.59 Å². The number of carboxylic acids is 1. The van der Waals surface area contributed by atoms with Gasteiger partial charge < -0.3 is 14.7 Å². The summed E-state index contributed by atoms with van der Waals surface area (Å²) in [6.07, 6.45) is 1.92. The number of rotatable bonds is 4. The van der Waals surface area contributed by atoms with Gasteiger partial charge >= 0.3 is 5.97 Å².